The Bertz CT molecular complexity index is 1310. The molecule has 0 spiro atoms. The highest BCUT2D eigenvalue weighted by atomic mass is 16.2. The number of nitrogens with one attached hydrogen (secondary N) is 1. The number of carbonyl (C=O) groups is 1. The number of anilines is 3. The summed E-state index contributed by atoms with van der Waals surface area (Å²) >= 11 is 0. The molecule has 0 aliphatic carbocycles. The van der Waals surface area contributed by atoms with Crippen molar-refractivity contribution >= 4 is 34.1 Å². The zero-order chi connectivity index (χ0) is 22.8. The second-order valence-electron chi connectivity index (χ2n) is 8.34. The van der Waals surface area contributed by atoms with Crippen LogP contribution in [-0.4, -0.2) is 51.9 Å². The molecule has 7 heteroatoms. The van der Waals surface area contributed by atoms with Crippen LogP contribution in [-0.2, 0) is 0 Å². The maximum Gasteiger partial charge on any atom is 0.253 e. The Hall–Kier alpha value is -4.00. The third-order valence-corrected chi connectivity index (χ3v) is 5.88. The second-order valence-corrected chi connectivity index (χ2v) is 8.34. The van der Waals surface area contributed by atoms with Crippen LogP contribution in [0.2, 0.25) is 0 Å². The highest BCUT2D eigenvalue weighted by Gasteiger charge is 2.23. The van der Waals surface area contributed by atoms with E-state index in [4.69, 9.17) is 0 Å². The Balaban J connectivity index is 1.27. The molecule has 7 nitrogen and oxygen atoms in total. The number of nitrogens with zero attached hydrogens (tertiary/aromatic N) is 5. The molecule has 0 radical (unpaired) electrons. The molecule has 0 unspecified atom stereocenters. The van der Waals surface area contributed by atoms with Crippen LogP contribution >= 0.6 is 0 Å². The van der Waals surface area contributed by atoms with Gasteiger partial charge in [-0.3, -0.25) is 4.79 Å². The first-order chi connectivity index (χ1) is 16.0. The van der Waals surface area contributed by atoms with Crippen LogP contribution in [0.3, 0.4) is 0 Å². The Morgan fingerprint density at radius 1 is 0.848 bits per heavy atom. The van der Waals surface area contributed by atoms with Crippen LogP contribution in [0.5, 0.6) is 0 Å². The van der Waals surface area contributed by atoms with Crippen LogP contribution in [0.15, 0.2) is 66.9 Å². The van der Waals surface area contributed by atoms with E-state index in [0.717, 1.165) is 46.6 Å². The zero-order valence-electron chi connectivity index (χ0n) is 18.8. The summed E-state index contributed by atoms with van der Waals surface area (Å²) in [6.45, 7) is 6.66. The molecular weight excluding hydrogens is 412 g/mol. The van der Waals surface area contributed by atoms with Crippen molar-refractivity contribution in [1.29, 1.82) is 0 Å². The summed E-state index contributed by atoms with van der Waals surface area (Å²) in [7, 11) is 0. The fourth-order valence-electron chi connectivity index (χ4n) is 4.16. The van der Waals surface area contributed by atoms with Gasteiger partial charge in [0.15, 0.2) is 0 Å². The molecule has 2 aromatic carbocycles. The standard InChI is InChI=1S/C26H26N6O/c1-18-9-10-27-23(15-18)30-24-17-25(29-19(2)28-24)31-11-13-32(14-12-31)26(33)22-8-7-20-5-3-4-6-21(20)16-22/h3-10,15-17H,11-14H2,1-2H3,(H,27,28,29,30). The number of piperazine rings is 1. The molecule has 4 aromatic rings. The summed E-state index contributed by atoms with van der Waals surface area (Å²) in [5.74, 6) is 3.09. The van der Waals surface area contributed by atoms with Crippen molar-refractivity contribution in [1.82, 2.24) is 19.9 Å². The van der Waals surface area contributed by atoms with Crippen LogP contribution in [0.25, 0.3) is 10.8 Å². The van der Waals surface area contributed by atoms with Crippen molar-refractivity contribution < 1.29 is 4.79 Å². The molecule has 33 heavy (non-hydrogen) atoms. The van der Waals surface area contributed by atoms with Gasteiger partial charge in [0, 0.05) is 44.0 Å². The molecule has 1 aliphatic heterocycles. The van der Waals surface area contributed by atoms with Gasteiger partial charge in [0.1, 0.15) is 23.3 Å². The van der Waals surface area contributed by atoms with Crippen molar-refractivity contribution in [3.8, 4) is 0 Å². The normalized spacial score (nSPS) is 13.9. The van der Waals surface area contributed by atoms with Gasteiger partial charge in [-0.2, -0.15) is 0 Å². The number of fused-ring (bicyclic) bond motifs is 1. The Morgan fingerprint density at radius 2 is 1.64 bits per heavy atom. The Morgan fingerprint density at radius 3 is 2.42 bits per heavy atom. The number of hydrogen-bond donors (Lipinski definition) is 1. The fraction of sp³-hybridized carbons (Fsp3) is 0.231. The van der Waals surface area contributed by atoms with Gasteiger partial charge in [-0.25, -0.2) is 15.0 Å². The highest BCUT2D eigenvalue weighted by Crippen LogP contribution is 2.22. The lowest BCUT2D eigenvalue weighted by Gasteiger charge is -2.35. The molecule has 1 fully saturated rings. The third kappa shape index (κ3) is 4.62. The highest BCUT2D eigenvalue weighted by molar-refractivity contribution is 5.98. The van der Waals surface area contributed by atoms with Gasteiger partial charge in [0.2, 0.25) is 0 Å². The quantitative estimate of drug-likeness (QED) is 0.511. The van der Waals surface area contributed by atoms with Gasteiger partial charge in [0.25, 0.3) is 5.91 Å². The molecule has 1 aliphatic rings. The molecule has 1 saturated heterocycles. The lowest BCUT2D eigenvalue weighted by Crippen LogP contribution is -2.49. The number of carbonyl (C=O) groups excluding carboxylic acids is 1. The SMILES string of the molecule is Cc1ccnc(Nc2cc(N3CCN(C(=O)c4ccc5ccccc5c4)CC3)nc(C)n2)c1. The number of amides is 1. The number of benzene rings is 2. The van der Waals surface area contributed by atoms with E-state index in [0.29, 0.717) is 24.7 Å². The van der Waals surface area contributed by atoms with E-state index in [1.165, 1.54) is 0 Å². The van der Waals surface area contributed by atoms with Gasteiger partial charge in [0.05, 0.1) is 0 Å². The summed E-state index contributed by atoms with van der Waals surface area (Å²) in [6.07, 6.45) is 1.78. The summed E-state index contributed by atoms with van der Waals surface area (Å²) in [4.78, 5) is 30.7. The van der Waals surface area contributed by atoms with Crippen molar-refractivity contribution in [3.63, 3.8) is 0 Å². The Kier molecular flexibility index (Phi) is 5.60. The number of rotatable bonds is 4. The van der Waals surface area contributed by atoms with Crippen LogP contribution in [0.4, 0.5) is 17.5 Å². The summed E-state index contributed by atoms with van der Waals surface area (Å²) in [5.41, 5.74) is 1.86. The topological polar surface area (TPSA) is 74.2 Å². The molecule has 166 valence electrons. The van der Waals surface area contributed by atoms with Crippen LogP contribution in [0, 0.1) is 13.8 Å². The van der Waals surface area contributed by atoms with E-state index in [2.05, 4.69) is 31.2 Å². The fourth-order valence-corrected chi connectivity index (χ4v) is 4.16. The summed E-state index contributed by atoms with van der Waals surface area (Å²) in [6, 6.07) is 19.9. The van der Waals surface area contributed by atoms with E-state index in [9.17, 15) is 4.79 Å². The van der Waals surface area contributed by atoms with E-state index in [1.807, 2.05) is 73.3 Å². The first kappa shape index (κ1) is 20.9. The van der Waals surface area contributed by atoms with Gasteiger partial charge in [-0.1, -0.05) is 30.3 Å². The molecular formula is C26H26N6O. The average molecular weight is 439 g/mol. The first-order valence-electron chi connectivity index (χ1n) is 11.1. The minimum absolute atomic E-state index is 0.0761. The van der Waals surface area contributed by atoms with Gasteiger partial charge < -0.3 is 15.1 Å². The predicted octanol–water partition coefficient (Wildman–Crippen LogP) is 4.35. The number of hydrogen-bond acceptors (Lipinski definition) is 6. The van der Waals surface area contributed by atoms with Crippen LogP contribution in [0.1, 0.15) is 21.7 Å². The second kappa shape index (κ2) is 8.86. The first-order valence-corrected chi connectivity index (χ1v) is 11.1. The maximum absolute atomic E-state index is 13.1. The average Bonchev–Trinajstić information content (AvgIpc) is 2.83. The van der Waals surface area contributed by atoms with Crippen LogP contribution < -0.4 is 10.2 Å². The maximum atomic E-state index is 13.1. The van der Waals surface area contributed by atoms with Crippen molar-refractivity contribution in [2.75, 3.05) is 36.4 Å². The number of aromatic nitrogens is 3. The van der Waals surface area contributed by atoms with Gasteiger partial charge >= 0.3 is 0 Å². The Labute approximate surface area is 193 Å². The van der Waals surface area contributed by atoms with E-state index < -0.39 is 0 Å². The molecule has 0 atom stereocenters. The summed E-state index contributed by atoms with van der Waals surface area (Å²) in [5, 5.41) is 5.50. The molecule has 1 amide bonds. The monoisotopic (exact) mass is 438 g/mol. The number of pyridine rings is 1. The smallest absolute Gasteiger partial charge is 0.253 e. The zero-order valence-corrected chi connectivity index (χ0v) is 18.8. The molecule has 2 aromatic heterocycles. The van der Waals surface area contributed by atoms with Crippen molar-refractivity contribution in [2.45, 2.75) is 13.8 Å². The lowest BCUT2D eigenvalue weighted by molar-refractivity contribution is 0.0746. The van der Waals surface area contributed by atoms with Gasteiger partial charge in [-0.05, 0) is 54.4 Å². The van der Waals surface area contributed by atoms with Gasteiger partial charge in [-0.15, -0.1) is 0 Å². The lowest BCUT2D eigenvalue weighted by atomic mass is 10.1. The van der Waals surface area contributed by atoms with E-state index in [-0.39, 0.29) is 5.91 Å². The number of aryl methyl sites for hydroxylation is 2. The van der Waals surface area contributed by atoms with E-state index in [1.54, 1.807) is 6.20 Å². The summed E-state index contributed by atoms with van der Waals surface area (Å²) < 4.78 is 0. The third-order valence-electron chi connectivity index (χ3n) is 5.88. The minimum Gasteiger partial charge on any atom is -0.353 e. The molecule has 0 saturated carbocycles. The molecule has 5 rings (SSSR count). The minimum atomic E-state index is 0.0761. The van der Waals surface area contributed by atoms with Crippen molar-refractivity contribution in [2.24, 2.45) is 0 Å². The van der Waals surface area contributed by atoms with E-state index >= 15 is 0 Å². The molecule has 3 heterocycles. The molecule has 1 N–H and O–H groups in total. The predicted molar refractivity (Wildman–Crippen MR) is 131 cm³/mol. The largest absolute Gasteiger partial charge is 0.353 e. The molecule has 0 bridgehead atoms. The van der Waals surface area contributed by atoms with Crippen molar-refractivity contribution in [3.05, 3.63) is 83.8 Å².